The second-order valence-electron chi connectivity index (χ2n) is 5.54. The number of thiophene rings is 1. The summed E-state index contributed by atoms with van der Waals surface area (Å²) in [6.07, 6.45) is 4.76. The molecule has 0 aliphatic rings. The monoisotopic (exact) mass is 345 g/mol. The van der Waals surface area contributed by atoms with Crippen molar-refractivity contribution in [2.45, 2.75) is 26.2 Å². The van der Waals surface area contributed by atoms with Gasteiger partial charge in [-0.3, -0.25) is 4.79 Å². The molecule has 0 radical (unpaired) electrons. The summed E-state index contributed by atoms with van der Waals surface area (Å²) in [6, 6.07) is 8.03. The summed E-state index contributed by atoms with van der Waals surface area (Å²) in [6.45, 7) is 4.78. The van der Waals surface area contributed by atoms with Gasteiger partial charge in [-0.1, -0.05) is 31.3 Å². The lowest BCUT2D eigenvalue weighted by atomic mass is 10.1. The minimum atomic E-state index is -0.0267. The molecule has 0 spiro atoms. The Morgan fingerprint density at radius 2 is 2.09 bits per heavy atom. The van der Waals surface area contributed by atoms with E-state index < -0.39 is 0 Å². The fraction of sp³-hybridized carbons (Fsp3) is 0.294. The van der Waals surface area contributed by atoms with Gasteiger partial charge in [-0.05, 0) is 35.9 Å². The quantitative estimate of drug-likeness (QED) is 0.731. The van der Waals surface area contributed by atoms with Crippen LogP contribution in [-0.4, -0.2) is 22.0 Å². The lowest BCUT2D eigenvalue weighted by Gasteiger charge is -2.06. The molecule has 3 rings (SSSR count). The molecule has 6 heteroatoms. The van der Waals surface area contributed by atoms with Gasteiger partial charge in [0.2, 0.25) is 0 Å². The van der Waals surface area contributed by atoms with E-state index in [0.29, 0.717) is 6.54 Å². The Hall–Kier alpha value is -1.92. The van der Waals surface area contributed by atoms with E-state index in [1.165, 1.54) is 16.2 Å². The number of carbonyl (C=O) groups is 1. The Morgan fingerprint density at radius 1 is 1.30 bits per heavy atom. The van der Waals surface area contributed by atoms with Crippen LogP contribution in [0.4, 0.5) is 0 Å². The average Bonchev–Trinajstić information content (AvgIpc) is 3.27. The van der Waals surface area contributed by atoms with Gasteiger partial charge in [0.15, 0.2) is 5.13 Å². The Morgan fingerprint density at radius 3 is 2.74 bits per heavy atom. The van der Waals surface area contributed by atoms with Gasteiger partial charge >= 0.3 is 0 Å². The fourth-order valence-electron chi connectivity index (χ4n) is 2.28. The number of nitrogens with one attached hydrogen (secondary N) is 1. The first-order valence-electron chi connectivity index (χ1n) is 7.60. The van der Waals surface area contributed by atoms with E-state index in [0.717, 1.165) is 22.1 Å². The van der Waals surface area contributed by atoms with Gasteiger partial charge in [0, 0.05) is 23.8 Å². The number of aromatic nitrogens is 2. The molecule has 0 aliphatic carbocycles. The molecule has 0 saturated heterocycles. The van der Waals surface area contributed by atoms with Gasteiger partial charge in [-0.2, -0.15) is 0 Å². The highest BCUT2D eigenvalue weighted by Crippen LogP contribution is 2.27. The van der Waals surface area contributed by atoms with Crippen LogP contribution in [0.3, 0.4) is 0 Å². The molecular formula is C17H19N3OS2. The normalized spacial score (nSPS) is 11.1. The van der Waals surface area contributed by atoms with E-state index in [9.17, 15) is 4.79 Å². The number of amides is 1. The number of thiazole rings is 1. The number of hydrogen-bond donors (Lipinski definition) is 1. The van der Waals surface area contributed by atoms with Gasteiger partial charge in [-0.25, -0.2) is 4.98 Å². The van der Waals surface area contributed by atoms with E-state index in [-0.39, 0.29) is 11.8 Å². The molecule has 23 heavy (non-hydrogen) atoms. The molecule has 0 bridgehead atoms. The van der Waals surface area contributed by atoms with Crippen LogP contribution in [0.5, 0.6) is 0 Å². The van der Waals surface area contributed by atoms with E-state index >= 15 is 0 Å². The highest BCUT2D eigenvalue weighted by Gasteiger charge is 2.20. The average molecular weight is 345 g/mol. The van der Waals surface area contributed by atoms with E-state index in [1.807, 2.05) is 35.2 Å². The predicted octanol–water partition coefficient (Wildman–Crippen LogP) is 4.09. The zero-order valence-corrected chi connectivity index (χ0v) is 14.8. The minimum absolute atomic E-state index is 0.0267. The van der Waals surface area contributed by atoms with Crippen molar-refractivity contribution in [3.8, 4) is 5.13 Å². The van der Waals surface area contributed by atoms with Crippen LogP contribution in [0.1, 0.15) is 40.0 Å². The molecule has 3 heterocycles. The summed E-state index contributed by atoms with van der Waals surface area (Å²) in [4.78, 5) is 19.2. The summed E-state index contributed by atoms with van der Waals surface area (Å²) >= 11 is 3.16. The molecule has 1 amide bonds. The van der Waals surface area contributed by atoms with Crippen LogP contribution in [0, 0.1) is 0 Å². The van der Waals surface area contributed by atoms with Crippen molar-refractivity contribution in [3.63, 3.8) is 0 Å². The maximum atomic E-state index is 12.5. The lowest BCUT2D eigenvalue weighted by Crippen LogP contribution is -2.25. The molecule has 0 saturated carbocycles. The molecule has 0 atom stereocenters. The third-order valence-corrected chi connectivity index (χ3v) is 5.48. The molecule has 1 N–H and O–H groups in total. The minimum Gasteiger partial charge on any atom is -0.351 e. The van der Waals surface area contributed by atoms with Crippen LogP contribution >= 0.6 is 22.7 Å². The van der Waals surface area contributed by atoms with Crippen molar-refractivity contribution in [1.82, 2.24) is 14.9 Å². The van der Waals surface area contributed by atoms with Crippen molar-refractivity contribution < 1.29 is 4.79 Å². The van der Waals surface area contributed by atoms with Gasteiger partial charge in [0.1, 0.15) is 4.88 Å². The maximum absolute atomic E-state index is 12.5. The van der Waals surface area contributed by atoms with Crippen LogP contribution in [0.15, 0.2) is 42.0 Å². The number of hydrogen-bond acceptors (Lipinski definition) is 4. The van der Waals surface area contributed by atoms with E-state index in [2.05, 4.69) is 35.6 Å². The third-order valence-electron chi connectivity index (χ3n) is 3.46. The highest BCUT2D eigenvalue weighted by atomic mass is 32.1. The first kappa shape index (κ1) is 16.0. The molecule has 3 aromatic heterocycles. The number of rotatable bonds is 6. The molecule has 0 fully saturated rings. The molecule has 3 aromatic rings. The number of nitrogens with zero attached hydrogens (tertiary/aromatic N) is 2. The Bertz CT molecular complexity index is 758. The molecule has 0 aliphatic heterocycles. The molecule has 0 aromatic carbocycles. The van der Waals surface area contributed by atoms with Gasteiger partial charge < -0.3 is 9.88 Å². The molecular weight excluding hydrogens is 326 g/mol. The van der Waals surface area contributed by atoms with Crippen molar-refractivity contribution >= 4 is 28.6 Å². The topological polar surface area (TPSA) is 46.9 Å². The summed E-state index contributed by atoms with van der Waals surface area (Å²) in [7, 11) is 0. The first-order valence-corrected chi connectivity index (χ1v) is 9.29. The van der Waals surface area contributed by atoms with Crippen molar-refractivity contribution in [2.24, 2.45) is 0 Å². The zero-order chi connectivity index (χ0) is 16.2. The maximum Gasteiger partial charge on any atom is 0.263 e. The smallest absolute Gasteiger partial charge is 0.263 e. The number of carbonyl (C=O) groups excluding carboxylic acids is 1. The largest absolute Gasteiger partial charge is 0.351 e. The van der Waals surface area contributed by atoms with Crippen LogP contribution in [0.25, 0.3) is 5.13 Å². The summed E-state index contributed by atoms with van der Waals surface area (Å²) in [5, 5.41) is 5.91. The van der Waals surface area contributed by atoms with Gasteiger partial charge in [-0.15, -0.1) is 11.3 Å². The lowest BCUT2D eigenvalue weighted by molar-refractivity contribution is 0.0957. The molecule has 0 unspecified atom stereocenters. The summed E-state index contributed by atoms with van der Waals surface area (Å²) in [5.74, 6) is 0.190. The van der Waals surface area contributed by atoms with E-state index in [1.54, 1.807) is 11.3 Å². The SMILES string of the molecule is CC(C)c1nc(-n2cccc2)sc1C(=O)NCCc1cccs1. The second kappa shape index (κ2) is 7.10. The third kappa shape index (κ3) is 3.71. The Balaban J connectivity index is 1.73. The van der Waals surface area contributed by atoms with Crippen LogP contribution < -0.4 is 5.32 Å². The second-order valence-corrected chi connectivity index (χ2v) is 7.55. The standard InChI is InChI=1S/C17H19N3OS2/c1-12(2)14-15(23-17(19-14)20-9-3-4-10-20)16(21)18-8-7-13-6-5-11-22-13/h3-6,9-12H,7-8H2,1-2H3,(H,18,21). The molecule has 4 nitrogen and oxygen atoms in total. The summed E-state index contributed by atoms with van der Waals surface area (Å²) in [5.41, 5.74) is 0.868. The van der Waals surface area contributed by atoms with Crippen molar-refractivity contribution in [3.05, 3.63) is 57.5 Å². The Labute approximate surface area is 143 Å². The fourth-order valence-corrected chi connectivity index (χ4v) is 4.09. The van der Waals surface area contributed by atoms with Gasteiger partial charge in [0.25, 0.3) is 5.91 Å². The highest BCUT2D eigenvalue weighted by molar-refractivity contribution is 7.16. The van der Waals surface area contributed by atoms with Crippen LogP contribution in [0.2, 0.25) is 0 Å². The van der Waals surface area contributed by atoms with Crippen LogP contribution in [-0.2, 0) is 6.42 Å². The van der Waals surface area contributed by atoms with E-state index in [4.69, 9.17) is 0 Å². The zero-order valence-electron chi connectivity index (χ0n) is 13.2. The predicted molar refractivity (Wildman–Crippen MR) is 95.9 cm³/mol. The first-order chi connectivity index (χ1) is 11.1. The molecule has 120 valence electrons. The van der Waals surface area contributed by atoms with Crippen molar-refractivity contribution in [2.75, 3.05) is 6.54 Å². The summed E-state index contributed by atoms with van der Waals surface area (Å²) < 4.78 is 1.94. The van der Waals surface area contributed by atoms with Gasteiger partial charge in [0.05, 0.1) is 5.69 Å². The van der Waals surface area contributed by atoms with Crippen molar-refractivity contribution in [1.29, 1.82) is 0 Å². The Kier molecular flexibility index (Phi) is 4.93.